The Morgan fingerprint density at radius 3 is 2.94 bits per heavy atom. The molecule has 0 saturated heterocycles. The van der Waals surface area contributed by atoms with Crippen LogP contribution in [0.4, 0.5) is 5.82 Å². The highest BCUT2D eigenvalue weighted by Crippen LogP contribution is 2.22. The number of nitrogens with zero attached hydrogens (tertiary/aromatic N) is 3. The van der Waals surface area contributed by atoms with Gasteiger partial charge in [-0.1, -0.05) is 0 Å². The van der Waals surface area contributed by atoms with Gasteiger partial charge in [0.15, 0.2) is 0 Å². The second kappa shape index (κ2) is 5.31. The molecular formula is C12H15BrN4. The molecule has 2 aromatic heterocycles. The van der Waals surface area contributed by atoms with Gasteiger partial charge >= 0.3 is 0 Å². The Kier molecular flexibility index (Phi) is 3.78. The van der Waals surface area contributed by atoms with E-state index in [1.165, 1.54) is 5.56 Å². The molecule has 0 aliphatic carbocycles. The largest absolute Gasteiger partial charge is 0.369 e. The Balaban J connectivity index is 1.92. The zero-order valence-electron chi connectivity index (χ0n) is 9.94. The molecule has 0 saturated carbocycles. The third kappa shape index (κ3) is 3.06. The second-order valence-electron chi connectivity index (χ2n) is 3.95. The van der Waals surface area contributed by atoms with Crippen molar-refractivity contribution < 1.29 is 0 Å². The minimum atomic E-state index is 0.825. The average molecular weight is 295 g/mol. The smallest absolute Gasteiger partial charge is 0.140 e. The van der Waals surface area contributed by atoms with Gasteiger partial charge in [0.1, 0.15) is 5.82 Å². The standard InChI is InChI=1S/C12H15BrN4/c1-9-3-6-14-12(11(9)13)15-7-4-10-5-8-17(2)16-10/h3,5-6,8H,4,7H2,1-2H3,(H,14,15). The molecule has 0 amide bonds. The summed E-state index contributed by atoms with van der Waals surface area (Å²) in [6.07, 6.45) is 4.66. The number of hydrogen-bond donors (Lipinski definition) is 1. The number of hydrogen-bond acceptors (Lipinski definition) is 3. The van der Waals surface area contributed by atoms with Crippen LogP contribution in [0.5, 0.6) is 0 Å². The molecule has 0 unspecified atom stereocenters. The lowest BCUT2D eigenvalue weighted by molar-refractivity contribution is 0.742. The van der Waals surface area contributed by atoms with E-state index in [4.69, 9.17) is 0 Å². The summed E-state index contributed by atoms with van der Waals surface area (Å²) >= 11 is 3.53. The van der Waals surface area contributed by atoms with E-state index in [2.05, 4.69) is 38.3 Å². The third-order valence-corrected chi connectivity index (χ3v) is 3.53. The van der Waals surface area contributed by atoms with Gasteiger partial charge in [-0.2, -0.15) is 5.10 Å². The Morgan fingerprint density at radius 1 is 1.41 bits per heavy atom. The molecule has 5 heteroatoms. The molecule has 0 fully saturated rings. The van der Waals surface area contributed by atoms with E-state index in [1.54, 1.807) is 0 Å². The predicted molar refractivity (Wildman–Crippen MR) is 72.1 cm³/mol. The van der Waals surface area contributed by atoms with Crippen molar-refractivity contribution in [1.82, 2.24) is 14.8 Å². The molecule has 0 radical (unpaired) electrons. The maximum Gasteiger partial charge on any atom is 0.140 e. The van der Waals surface area contributed by atoms with Crippen LogP contribution in [0.15, 0.2) is 29.0 Å². The normalized spacial score (nSPS) is 10.5. The van der Waals surface area contributed by atoms with Crippen LogP contribution in [0, 0.1) is 6.92 Å². The lowest BCUT2D eigenvalue weighted by atomic mass is 10.3. The van der Waals surface area contributed by atoms with E-state index in [0.29, 0.717) is 0 Å². The van der Waals surface area contributed by atoms with Crippen molar-refractivity contribution in [2.75, 3.05) is 11.9 Å². The van der Waals surface area contributed by atoms with Gasteiger partial charge in [0.25, 0.3) is 0 Å². The van der Waals surface area contributed by atoms with Crippen LogP contribution in [-0.2, 0) is 13.5 Å². The fourth-order valence-electron chi connectivity index (χ4n) is 1.57. The second-order valence-corrected chi connectivity index (χ2v) is 4.74. The number of nitrogens with one attached hydrogen (secondary N) is 1. The molecule has 90 valence electrons. The molecule has 0 aliphatic heterocycles. The lowest BCUT2D eigenvalue weighted by Gasteiger charge is -2.07. The Morgan fingerprint density at radius 2 is 2.24 bits per heavy atom. The summed E-state index contributed by atoms with van der Waals surface area (Å²) in [4.78, 5) is 4.29. The topological polar surface area (TPSA) is 42.7 Å². The van der Waals surface area contributed by atoms with Crippen LogP contribution in [0.2, 0.25) is 0 Å². The summed E-state index contributed by atoms with van der Waals surface area (Å²) in [5.41, 5.74) is 2.27. The molecule has 2 heterocycles. The molecule has 1 N–H and O–H groups in total. The van der Waals surface area contributed by atoms with E-state index >= 15 is 0 Å². The number of aryl methyl sites for hydroxylation is 2. The van der Waals surface area contributed by atoms with Crippen LogP contribution < -0.4 is 5.32 Å². The van der Waals surface area contributed by atoms with E-state index < -0.39 is 0 Å². The monoisotopic (exact) mass is 294 g/mol. The molecule has 0 aliphatic rings. The zero-order chi connectivity index (χ0) is 12.3. The van der Waals surface area contributed by atoms with Gasteiger partial charge in [-0.15, -0.1) is 0 Å². The molecule has 17 heavy (non-hydrogen) atoms. The average Bonchev–Trinajstić information content (AvgIpc) is 2.70. The summed E-state index contributed by atoms with van der Waals surface area (Å²) in [6.45, 7) is 2.88. The van der Waals surface area contributed by atoms with Gasteiger partial charge < -0.3 is 5.32 Å². The first-order valence-corrected chi connectivity index (χ1v) is 6.29. The number of pyridine rings is 1. The molecule has 2 aromatic rings. The molecule has 0 aromatic carbocycles. The van der Waals surface area contributed by atoms with Crippen molar-refractivity contribution in [3.05, 3.63) is 40.3 Å². The molecule has 0 spiro atoms. The van der Waals surface area contributed by atoms with Crippen LogP contribution >= 0.6 is 15.9 Å². The van der Waals surface area contributed by atoms with Gasteiger partial charge in [-0.3, -0.25) is 4.68 Å². The van der Waals surface area contributed by atoms with Gasteiger partial charge in [-0.25, -0.2) is 4.98 Å². The first kappa shape index (κ1) is 12.1. The van der Waals surface area contributed by atoms with Crippen molar-refractivity contribution in [3.8, 4) is 0 Å². The third-order valence-electron chi connectivity index (χ3n) is 2.52. The summed E-state index contributed by atoms with van der Waals surface area (Å²) in [5.74, 6) is 0.890. The minimum Gasteiger partial charge on any atom is -0.369 e. The molecule has 0 bridgehead atoms. The van der Waals surface area contributed by atoms with E-state index in [0.717, 1.165) is 29.0 Å². The number of aromatic nitrogens is 3. The Labute approximate surface area is 109 Å². The summed E-state index contributed by atoms with van der Waals surface area (Å²) in [5, 5.41) is 7.63. The van der Waals surface area contributed by atoms with E-state index in [9.17, 15) is 0 Å². The van der Waals surface area contributed by atoms with Crippen molar-refractivity contribution in [1.29, 1.82) is 0 Å². The number of rotatable bonds is 4. The van der Waals surface area contributed by atoms with E-state index in [-0.39, 0.29) is 0 Å². The highest BCUT2D eigenvalue weighted by Gasteiger charge is 2.03. The maximum absolute atomic E-state index is 4.33. The maximum atomic E-state index is 4.33. The van der Waals surface area contributed by atoms with Gasteiger partial charge in [-0.05, 0) is 40.5 Å². The minimum absolute atomic E-state index is 0.825. The van der Waals surface area contributed by atoms with Crippen LogP contribution in [0.25, 0.3) is 0 Å². The van der Waals surface area contributed by atoms with Gasteiger partial charge in [0, 0.05) is 32.4 Å². The predicted octanol–water partition coefficient (Wildman–Crippen LogP) is 2.54. The Bertz CT molecular complexity index is 507. The first-order valence-electron chi connectivity index (χ1n) is 5.50. The molecule has 4 nitrogen and oxygen atoms in total. The van der Waals surface area contributed by atoms with Gasteiger partial charge in [0.2, 0.25) is 0 Å². The van der Waals surface area contributed by atoms with E-state index in [1.807, 2.05) is 36.3 Å². The number of halogens is 1. The molecule has 0 atom stereocenters. The molecular weight excluding hydrogens is 280 g/mol. The zero-order valence-corrected chi connectivity index (χ0v) is 11.5. The number of anilines is 1. The van der Waals surface area contributed by atoms with Crippen LogP contribution in [-0.4, -0.2) is 21.3 Å². The van der Waals surface area contributed by atoms with Crippen molar-refractivity contribution >= 4 is 21.7 Å². The summed E-state index contributed by atoms with van der Waals surface area (Å²) < 4.78 is 2.84. The Hall–Kier alpha value is -1.36. The quantitative estimate of drug-likeness (QED) is 0.942. The fourth-order valence-corrected chi connectivity index (χ4v) is 1.94. The van der Waals surface area contributed by atoms with Crippen molar-refractivity contribution in [2.24, 2.45) is 7.05 Å². The van der Waals surface area contributed by atoms with Crippen molar-refractivity contribution in [2.45, 2.75) is 13.3 Å². The van der Waals surface area contributed by atoms with Gasteiger partial charge in [0.05, 0.1) is 10.2 Å². The fraction of sp³-hybridized carbons (Fsp3) is 0.333. The molecule has 2 rings (SSSR count). The highest BCUT2D eigenvalue weighted by atomic mass is 79.9. The lowest BCUT2D eigenvalue weighted by Crippen LogP contribution is -2.07. The highest BCUT2D eigenvalue weighted by molar-refractivity contribution is 9.10. The first-order chi connectivity index (χ1) is 8.16. The van der Waals surface area contributed by atoms with Crippen LogP contribution in [0.3, 0.4) is 0 Å². The summed E-state index contributed by atoms with van der Waals surface area (Å²) in [6, 6.07) is 4.01. The SMILES string of the molecule is Cc1ccnc(NCCc2ccn(C)n2)c1Br. The summed E-state index contributed by atoms with van der Waals surface area (Å²) in [7, 11) is 1.93. The van der Waals surface area contributed by atoms with Crippen LogP contribution in [0.1, 0.15) is 11.3 Å². The van der Waals surface area contributed by atoms with Crippen molar-refractivity contribution in [3.63, 3.8) is 0 Å².